The van der Waals surface area contributed by atoms with Gasteiger partial charge in [-0.05, 0) is 13.0 Å². The van der Waals surface area contributed by atoms with E-state index in [0.717, 1.165) is 10.1 Å². The highest BCUT2D eigenvalue weighted by atomic mass is 35.5. The Morgan fingerprint density at radius 1 is 1.53 bits per heavy atom. The molecule has 0 saturated carbocycles. The molecule has 0 aliphatic carbocycles. The van der Waals surface area contributed by atoms with Crippen molar-refractivity contribution < 1.29 is 9.90 Å². The van der Waals surface area contributed by atoms with Crippen molar-refractivity contribution in [3.63, 3.8) is 0 Å². The number of hydrogen-bond donors (Lipinski definition) is 2. The Hall–Kier alpha value is -1.10. The molecule has 90 valence electrons. The Morgan fingerprint density at radius 3 is 2.88 bits per heavy atom. The zero-order valence-electron chi connectivity index (χ0n) is 9.24. The summed E-state index contributed by atoms with van der Waals surface area (Å²) in [7, 11) is 0. The monoisotopic (exact) mass is 269 g/mol. The quantitative estimate of drug-likeness (QED) is 0.900. The molecule has 0 radical (unpaired) electrons. The van der Waals surface area contributed by atoms with Gasteiger partial charge in [-0.15, -0.1) is 11.3 Å². The van der Waals surface area contributed by atoms with Crippen molar-refractivity contribution in [1.29, 1.82) is 0 Å². The topological polar surface area (TPSA) is 49.3 Å². The number of benzene rings is 1. The van der Waals surface area contributed by atoms with Gasteiger partial charge in [-0.1, -0.05) is 29.8 Å². The Balaban J connectivity index is 2.35. The van der Waals surface area contributed by atoms with Crippen LogP contribution >= 0.6 is 22.9 Å². The number of hydrogen-bond acceptors (Lipinski definition) is 3. The van der Waals surface area contributed by atoms with Gasteiger partial charge in [-0.3, -0.25) is 4.79 Å². The fourth-order valence-corrected chi connectivity index (χ4v) is 2.92. The van der Waals surface area contributed by atoms with E-state index in [1.54, 1.807) is 6.92 Å². The third-order valence-electron chi connectivity index (χ3n) is 2.39. The van der Waals surface area contributed by atoms with Gasteiger partial charge < -0.3 is 10.4 Å². The summed E-state index contributed by atoms with van der Waals surface area (Å²) in [5.41, 5.74) is 0. The van der Waals surface area contributed by atoms with Crippen molar-refractivity contribution in [1.82, 2.24) is 5.32 Å². The summed E-state index contributed by atoms with van der Waals surface area (Å²) >= 11 is 7.52. The van der Waals surface area contributed by atoms with Crippen LogP contribution in [0.1, 0.15) is 16.6 Å². The highest BCUT2D eigenvalue weighted by Crippen LogP contribution is 2.34. The van der Waals surface area contributed by atoms with Crippen molar-refractivity contribution in [2.75, 3.05) is 6.61 Å². The number of nitrogens with one attached hydrogen (secondary N) is 1. The van der Waals surface area contributed by atoms with Crippen molar-refractivity contribution in [3.05, 3.63) is 34.2 Å². The number of thiophene rings is 1. The first kappa shape index (κ1) is 12.4. The van der Waals surface area contributed by atoms with Crippen molar-refractivity contribution >= 4 is 38.9 Å². The van der Waals surface area contributed by atoms with Crippen LogP contribution in [0.3, 0.4) is 0 Å². The van der Waals surface area contributed by atoms with Crippen molar-refractivity contribution in [3.8, 4) is 0 Å². The smallest absolute Gasteiger partial charge is 0.263 e. The average Bonchev–Trinajstić information content (AvgIpc) is 2.67. The summed E-state index contributed by atoms with van der Waals surface area (Å²) in [6, 6.07) is 7.34. The largest absolute Gasteiger partial charge is 0.394 e. The molecule has 0 aliphatic rings. The summed E-state index contributed by atoms with van der Waals surface area (Å²) < 4.78 is 0.985. The average molecular weight is 270 g/mol. The molecule has 0 bridgehead atoms. The highest BCUT2D eigenvalue weighted by Gasteiger charge is 2.17. The molecule has 2 aromatic rings. The van der Waals surface area contributed by atoms with Crippen LogP contribution in [-0.2, 0) is 0 Å². The van der Waals surface area contributed by atoms with Crippen LogP contribution in [0.5, 0.6) is 0 Å². The van der Waals surface area contributed by atoms with Crippen LogP contribution in [0.15, 0.2) is 24.3 Å². The molecule has 2 rings (SSSR count). The Bertz CT molecular complexity index is 552. The van der Waals surface area contributed by atoms with Crippen LogP contribution in [0.25, 0.3) is 10.1 Å². The number of aliphatic hydroxyl groups excluding tert-OH is 1. The van der Waals surface area contributed by atoms with Gasteiger partial charge in [0.2, 0.25) is 0 Å². The van der Waals surface area contributed by atoms with E-state index in [0.29, 0.717) is 9.90 Å². The summed E-state index contributed by atoms with van der Waals surface area (Å²) in [6.07, 6.45) is 0. The third-order valence-corrected chi connectivity index (χ3v) is 4.07. The minimum absolute atomic E-state index is 0.0890. The number of halogens is 1. The molecule has 1 aromatic heterocycles. The maximum absolute atomic E-state index is 11.9. The first-order valence-electron chi connectivity index (χ1n) is 5.22. The van der Waals surface area contributed by atoms with Crippen molar-refractivity contribution in [2.24, 2.45) is 0 Å². The van der Waals surface area contributed by atoms with E-state index in [-0.39, 0.29) is 18.6 Å². The van der Waals surface area contributed by atoms with Crippen LogP contribution in [0.4, 0.5) is 0 Å². The molecular weight excluding hydrogens is 258 g/mol. The standard InChI is InChI=1S/C12H12ClNO2S/c1-7(6-15)14-12(16)11-10(13)8-4-2-3-5-9(8)17-11/h2-5,7,15H,6H2,1H3,(H,14,16)/t7-/m0/s1. The summed E-state index contributed by atoms with van der Waals surface area (Å²) in [5, 5.41) is 12.9. The molecule has 1 heterocycles. The van der Waals surface area contributed by atoms with Gasteiger partial charge in [0.1, 0.15) is 4.88 Å². The molecule has 0 aliphatic heterocycles. The maximum Gasteiger partial charge on any atom is 0.263 e. The predicted octanol–water partition coefficient (Wildman–Crippen LogP) is 2.67. The van der Waals surface area contributed by atoms with Gasteiger partial charge in [0.05, 0.1) is 11.6 Å². The normalized spacial score (nSPS) is 12.6. The molecule has 0 fully saturated rings. The molecule has 1 aromatic carbocycles. The van der Waals surface area contributed by atoms with E-state index in [9.17, 15) is 4.79 Å². The van der Waals surface area contributed by atoms with Gasteiger partial charge in [-0.25, -0.2) is 0 Å². The van der Waals surface area contributed by atoms with Crippen LogP contribution in [-0.4, -0.2) is 23.7 Å². The Kier molecular flexibility index (Phi) is 3.66. The fourth-order valence-electron chi connectivity index (χ4n) is 1.50. The number of fused-ring (bicyclic) bond motifs is 1. The number of carbonyl (C=O) groups excluding carboxylic acids is 1. The van der Waals surface area contributed by atoms with E-state index < -0.39 is 0 Å². The molecule has 3 nitrogen and oxygen atoms in total. The second kappa shape index (κ2) is 5.04. The van der Waals surface area contributed by atoms with Crippen LogP contribution < -0.4 is 5.32 Å². The zero-order valence-corrected chi connectivity index (χ0v) is 10.8. The lowest BCUT2D eigenvalue weighted by atomic mass is 10.2. The summed E-state index contributed by atoms with van der Waals surface area (Å²) in [5.74, 6) is -0.238. The lowest BCUT2D eigenvalue weighted by Gasteiger charge is -2.09. The van der Waals surface area contributed by atoms with Crippen LogP contribution in [0, 0.1) is 0 Å². The summed E-state index contributed by atoms with van der Waals surface area (Å²) in [6.45, 7) is 1.65. The third kappa shape index (κ3) is 2.44. The number of aliphatic hydroxyl groups is 1. The van der Waals surface area contributed by atoms with Crippen LogP contribution in [0.2, 0.25) is 5.02 Å². The second-order valence-electron chi connectivity index (χ2n) is 3.80. The van der Waals surface area contributed by atoms with Gasteiger partial charge >= 0.3 is 0 Å². The van der Waals surface area contributed by atoms with E-state index in [4.69, 9.17) is 16.7 Å². The molecule has 1 amide bonds. The van der Waals surface area contributed by atoms with Crippen molar-refractivity contribution in [2.45, 2.75) is 13.0 Å². The second-order valence-corrected chi connectivity index (χ2v) is 5.23. The molecule has 5 heteroatoms. The predicted molar refractivity (Wildman–Crippen MR) is 70.8 cm³/mol. The lowest BCUT2D eigenvalue weighted by Crippen LogP contribution is -2.34. The molecular formula is C12H12ClNO2S. The SMILES string of the molecule is C[C@@H](CO)NC(=O)c1sc2ccccc2c1Cl. The molecule has 2 N–H and O–H groups in total. The Morgan fingerprint density at radius 2 is 2.24 bits per heavy atom. The number of carbonyl (C=O) groups is 1. The number of amides is 1. The van der Waals surface area contributed by atoms with Gasteiger partial charge in [0.15, 0.2) is 0 Å². The lowest BCUT2D eigenvalue weighted by molar-refractivity contribution is 0.0926. The molecule has 0 unspecified atom stereocenters. The first-order valence-corrected chi connectivity index (χ1v) is 6.41. The zero-order chi connectivity index (χ0) is 12.4. The van der Waals surface area contributed by atoms with Gasteiger partial charge in [0, 0.05) is 16.1 Å². The number of rotatable bonds is 3. The molecule has 1 atom stereocenters. The van der Waals surface area contributed by atoms with Gasteiger partial charge in [0.25, 0.3) is 5.91 Å². The van der Waals surface area contributed by atoms with E-state index in [2.05, 4.69) is 5.32 Å². The highest BCUT2D eigenvalue weighted by molar-refractivity contribution is 7.21. The maximum atomic E-state index is 11.9. The molecule has 0 saturated heterocycles. The summed E-state index contributed by atoms with van der Waals surface area (Å²) in [4.78, 5) is 12.4. The minimum Gasteiger partial charge on any atom is -0.394 e. The Labute approximate surface area is 108 Å². The molecule has 0 spiro atoms. The molecule has 17 heavy (non-hydrogen) atoms. The van der Waals surface area contributed by atoms with Gasteiger partial charge in [-0.2, -0.15) is 0 Å². The fraction of sp³-hybridized carbons (Fsp3) is 0.250. The van der Waals surface area contributed by atoms with E-state index in [1.165, 1.54) is 11.3 Å². The van der Waals surface area contributed by atoms with E-state index in [1.807, 2.05) is 24.3 Å². The first-order chi connectivity index (χ1) is 8.13. The minimum atomic E-state index is -0.274. The van der Waals surface area contributed by atoms with E-state index >= 15 is 0 Å².